The first-order valence-electron chi connectivity index (χ1n) is 11.3. The van der Waals surface area contributed by atoms with E-state index >= 15 is 0 Å². The van der Waals surface area contributed by atoms with Crippen LogP contribution in [0, 0.1) is 5.82 Å². The molecule has 1 fully saturated rings. The monoisotopic (exact) mass is 489 g/mol. The predicted molar refractivity (Wildman–Crippen MR) is 125 cm³/mol. The van der Waals surface area contributed by atoms with Crippen LogP contribution in [0.2, 0.25) is 5.02 Å². The number of benzene rings is 2. The summed E-state index contributed by atoms with van der Waals surface area (Å²) in [6.07, 6.45) is 2.43. The number of allylic oxidation sites excluding steroid dienone is 3. The van der Waals surface area contributed by atoms with E-state index in [4.69, 9.17) is 11.6 Å². The Morgan fingerprint density at radius 1 is 1.18 bits per heavy atom. The first-order valence-corrected chi connectivity index (χ1v) is 11.6. The standard InChI is InChI=1S/C26H24ClF4N3/c1-15-4-5-17(16-6-8-18(28)9-7-16)12-23(15)34-11-3-10-25(34,2)24-32-21-13-19(26(29,30)31)20(27)14-22(21)33-24/h4,6-9,12-14,17H,3,5,10-11H2,1-2H3,(H,32,33)/t17?,25-/m0/s1. The molecule has 3 aromatic rings. The van der Waals surface area contributed by atoms with E-state index in [1.165, 1.54) is 18.2 Å². The van der Waals surface area contributed by atoms with E-state index in [1.807, 2.05) is 12.1 Å². The molecule has 3 nitrogen and oxygen atoms in total. The van der Waals surface area contributed by atoms with Gasteiger partial charge in [0.2, 0.25) is 0 Å². The first kappa shape index (κ1) is 23.0. The topological polar surface area (TPSA) is 31.9 Å². The van der Waals surface area contributed by atoms with Crippen molar-refractivity contribution in [1.82, 2.24) is 14.9 Å². The molecule has 1 unspecified atom stereocenters. The van der Waals surface area contributed by atoms with Crippen molar-refractivity contribution in [3.63, 3.8) is 0 Å². The SMILES string of the molecule is CC1=CCC(c2ccc(F)cc2)C=C1N1CCC[C@@]1(C)c1nc2cc(Cl)c(C(F)(F)F)cc2[nH]1. The minimum absolute atomic E-state index is 0.118. The highest BCUT2D eigenvalue weighted by molar-refractivity contribution is 6.32. The summed E-state index contributed by atoms with van der Waals surface area (Å²) in [6.45, 7) is 4.94. The number of aromatic nitrogens is 2. The van der Waals surface area contributed by atoms with E-state index in [0.29, 0.717) is 16.9 Å². The molecular weight excluding hydrogens is 466 g/mol. The number of likely N-dealkylation sites (tertiary alicyclic amines) is 1. The van der Waals surface area contributed by atoms with Crippen molar-refractivity contribution in [2.24, 2.45) is 0 Å². The van der Waals surface area contributed by atoms with Gasteiger partial charge in [-0.25, -0.2) is 9.37 Å². The predicted octanol–water partition coefficient (Wildman–Crippen LogP) is 7.70. The third-order valence-electron chi connectivity index (χ3n) is 7.06. The van der Waals surface area contributed by atoms with Gasteiger partial charge >= 0.3 is 6.18 Å². The van der Waals surface area contributed by atoms with Gasteiger partial charge in [0.25, 0.3) is 0 Å². The zero-order valence-corrected chi connectivity index (χ0v) is 19.6. The fourth-order valence-electron chi connectivity index (χ4n) is 5.14. The van der Waals surface area contributed by atoms with E-state index in [9.17, 15) is 17.6 Å². The Kier molecular flexibility index (Phi) is 5.51. The van der Waals surface area contributed by atoms with Gasteiger partial charge in [0.15, 0.2) is 0 Å². The largest absolute Gasteiger partial charge is 0.417 e. The molecule has 5 rings (SSSR count). The number of H-pyrrole nitrogens is 1. The third kappa shape index (κ3) is 3.90. The summed E-state index contributed by atoms with van der Waals surface area (Å²) in [5.74, 6) is 0.474. The Morgan fingerprint density at radius 2 is 1.91 bits per heavy atom. The van der Waals surface area contributed by atoms with Crippen LogP contribution in [0.25, 0.3) is 11.0 Å². The van der Waals surface area contributed by atoms with E-state index in [2.05, 4.69) is 40.9 Å². The van der Waals surface area contributed by atoms with Gasteiger partial charge < -0.3 is 9.88 Å². The Balaban J connectivity index is 1.54. The fraction of sp³-hybridized carbons (Fsp3) is 0.346. The molecule has 2 heterocycles. The summed E-state index contributed by atoms with van der Waals surface area (Å²) in [5.41, 5.74) is 2.60. The molecule has 1 N–H and O–H groups in total. The van der Waals surface area contributed by atoms with E-state index in [1.54, 1.807) is 0 Å². The highest BCUT2D eigenvalue weighted by atomic mass is 35.5. The van der Waals surface area contributed by atoms with Gasteiger partial charge in [-0.1, -0.05) is 35.9 Å². The minimum Gasteiger partial charge on any atom is -0.359 e. The molecule has 0 amide bonds. The quantitative estimate of drug-likeness (QED) is 0.382. The summed E-state index contributed by atoms with van der Waals surface area (Å²) >= 11 is 5.92. The molecule has 2 atom stereocenters. The van der Waals surface area contributed by atoms with Crippen molar-refractivity contribution in [3.8, 4) is 0 Å². The Hall–Kier alpha value is -2.80. The smallest absolute Gasteiger partial charge is 0.359 e. The van der Waals surface area contributed by atoms with Gasteiger partial charge in [-0.2, -0.15) is 13.2 Å². The molecule has 178 valence electrons. The highest BCUT2D eigenvalue weighted by Crippen LogP contribution is 2.45. The third-order valence-corrected chi connectivity index (χ3v) is 7.37. The molecule has 2 aromatic carbocycles. The molecule has 1 saturated heterocycles. The summed E-state index contributed by atoms with van der Waals surface area (Å²) in [5, 5.41) is -0.359. The molecule has 1 aliphatic carbocycles. The van der Waals surface area contributed by atoms with Crippen LogP contribution >= 0.6 is 11.6 Å². The number of alkyl halides is 3. The van der Waals surface area contributed by atoms with Gasteiger partial charge in [-0.15, -0.1) is 0 Å². The highest BCUT2D eigenvalue weighted by Gasteiger charge is 2.43. The van der Waals surface area contributed by atoms with Crippen LogP contribution in [0.3, 0.4) is 0 Å². The number of aromatic amines is 1. The normalized spacial score (nSPS) is 23.4. The minimum atomic E-state index is -4.54. The number of nitrogens with zero attached hydrogens (tertiary/aromatic N) is 2. The van der Waals surface area contributed by atoms with Crippen LogP contribution in [-0.4, -0.2) is 21.4 Å². The lowest BCUT2D eigenvalue weighted by atomic mass is 9.87. The van der Waals surface area contributed by atoms with Gasteiger partial charge in [-0.05, 0) is 68.5 Å². The second-order valence-electron chi connectivity index (χ2n) is 9.29. The van der Waals surface area contributed by atoms with E-state index < -0.39 is 17.3 Å². The molecule has 34 heavy (non-hydrogen) atoms. The molecule has 0 saturated carbocycles. The van der Waals surface area contributed by atoms with Crippen molar-refractivity contribution in [1.29, 1.82) is 0 Å². The lowest BCUT2D eigenvalue weighted by Gasteiger charge is -2.39. The molecule has 2 aliphatic rings. The average molecular weight is 490 g/mol. The van der Waals surface area contributed by atoms with Crippen molar-refractivity contribution in [2.75, 3.05) is 6.54 Å². The van der Waals surface area contributed by atoms with Crippen LogP contribution < -0.4 is 0 Å². The van der Waals surface area contributed by atoms with Crippen LogP contribution in [-0.2, 0) is 11.7 Å². The van der Waals surface area contributed by atoms with Gasteiger partial charge in [0.1, 0.15) is 11.6 Å². The van der Waals surface area contributed by atoms with Crippen molar-refractivity contribution < 1.29 is 17.6 Å². The lowest BCUT2D eigenvalue weighted by Crippen LogP contribution is -2.39. The van der Waals surface area contributed by atoms with Crippen LogP contribution in [0.1, 0.15) is 56.0 Å². The molecule has 1 aromatic heterocycles. The summed E-state index contributed by atoms with van der Waals surface area (Å²) in [7, 11) is 0. The Bertz CT molecular complexity index is 1310. The number of fused-ring (bicyclic) bond motifs is 1. The molecule has 1 aliphatic heterocycles. The second-order valence-corrected chi connectivity index (χ2v) is 9.70. The maximum absolute atomic E-state index is 13.4. The number of hydrogen-bond acceptors (Lipinski definition) is 2. The number of rotatable bonds is 3. The molecule has 0 spiro atoms. The summed E-state index contributed by atoms with van der Waals surface area (Å²) in [6, 6.07) is 8.88. The molecule has 8 heteroatoms. The molecule has 0 radical (unpaired) electrons. The maximum atomic E-state index is 13.4. The number of nitrogens with one attached hydrogen (secondary N) is 1. The van der Waals surface area contributed by atoms with Crippen LogP contribution in [0.5, 0.6) is 0 Å². The van der Waals surface area contributed by atoms with Crippen molar-refractivity contribution in [3.05, 3.63) is 87.6 Å². The van der Waals surface area contributed by atoms with Gasteiger partial charge in [0, 0.05) is 18.2 Å². The maximum Gasteiger partial charge on any atom is 0.417 e. The fourth-order valence-corrected chi connectivity index (χ4v) is 5.41. The van der Waals surface area contributed by atoms with Gasteiger partial charge in [0.05, 0.1) is 27.2 Å². The molecule has 0 bridgehead atoms. The Labute approximate surface area is 200 Å². The first-order chi connectivity index (χ1) is 16.1. The van der Waals surface area contributed by atoms with Gasteiger partial charge in [-0.3, -0.25) is 0 Å². The lowest BCUT2D eigenvalue weighted by molar-refractivity contribution is -0.137. The van der Waals surface area contributed by atoms with Crippen molar-refractivity contribution >= 4 is 22.6 Å². The van der Waals surface area contributed by atoms with E-state index in [-0.39, 0.29) is 16.8 Å². The van der Waals surface area contributed by atoms with E-state index in [0.717, 1.165) is 48.7 Å². The zero-order valence-electron chi connectivity index (χ0n) is 18.8. The Morgan fingerprint density at radius 3 is 2.62 bits per heavy atom. The number of halogens is 5. The van der Waals surface area contributed by atoms with Crippen LogP contribution in [0.15, 0.2) is 59.8 Å². The zero-order chi connectivity index (χ0) is 24.3. The van der Waals surface area contributed by atoms with Crippen LogP contribution in [0.4, 0.5) is 17.6 Å². The second kappa shape index (κ2) is 8.15. The number of hydrogen-bond donors (Lipinski definition) is 1. The summed E-state index contributed by atoms with van der Waals surface area (Å²) < 4.78 is 53.4. The number of imidazole rings is 1. The van der Waals surface area contributed by atoms with Crippen molar-refractivity contribution in [2.45, 2.75) is 50.7 Å². The average Bonchev–Trinajstić information content (AvgIpc) is 3.37. The molecular formula is C26H24ClF4N3. The summed E-state index contributed by atoms with van der Waals surface area (Å²) in [4.78, 5) is 10.1.